The van der Waals surface area contributed by atoms with Gasteiger partial charge in [-0.1, -0.05) is 0 Å². The summed E-state index contributed by atoms with van der Waals surface area (Å²) in [6.07, 6.45) is 3.25. The maximum atomic E-state index is 11.9. The van der Waals surface area contributed by atoms with Crippen molar-refractivity contribution in [2.24, 2.45) is 5.92 Å². The third kappa shape index (κ3) is 2.92. The number of nitrogens with zero attached hydrogens (tertiary/aromatic N) is 1. The van der Waals surface area contributed by atoms with E-state index in [9.17, 15) is 9.90 Å². The van der Waals surface area contributed by atoms with Crippen LogP contribution in [0, 0.1) is 5.92 Å². The highest BCUT2D eigenvalue weighted by molar-refractivity contribution is 5.76. The molecule has 0 saturated carbocycles. The third-order valence-corrected chi connectivity index (χ3v) is 3.37. The van der Waals surface area contributed by atoms with Gasteiger partial charge in [0.15, 0.2) is 0 Å². The van der Waals surface area contributed by atoms with Gasteiger partial charge in [-0.15, -0.1) is 0 Å². The first-order valence-electron chi connectivity index (χ1n) is 5.92. The topological polar surface area (TPSA) is 52.6 Å². The lowest BCUT2D eigenvalue weighted by atomic mass is 10.0. The minimum absolute atomic E-state index is 0.224. The molecular weight excluding hydrogens is 192 g/mol. The lowest BCUT2D eigenvalue weighted by Crippen LogP contribution is -2.42. The third-order valence-electron chi connectivity index (χ3n) is 3.37. The average Bonchev–Trinajstić information content (AvgIpc) is 2.70. The number of β-amino-alcohol motifs (C(OH)–C–C–N with tert-alkyl or cyclic N) is 1. The molecule has 2 N–H and O–H groups in total. The maximum absolute atomic E-state index is 11.9. The Morgan fingerprint density at radius 1 is 1.47 bits per heavy atom. The summed E-state index contributed by atoms with van der Waals surface area (Å²) in [4.78, 5) is 13.7. The van der Waals surface area contributed by atoms with Crippen molar-refractivity contribution in [3.8, 4) is 0 Å². The number of aliphatic hydroxyl groups is 1. The largest absolute Gasteiger partial charge is 0.391 e. The number of rotatable bonds is 2. The van der Waals surface area contributed by atoms with E-state index in [1.807, 2.05) is 4.90 Å². The molecule has 0 aromatic heterocycles. The molecule has 1 amide bonds. The predicted octanol–water partition coefficient (Wildman–Crippen LogP) is -0.0307. The number of aliphatic hydroxyl groups excluding tert-OH is 1. The summed E-state index contributed by atoms with van der Waals surface area (Å²) in [7, 11) is 0. The minimum Gasteiger partial charge on any atom is -0.391 e. The van der Waals surface area contributed by atoms with Crippen molar-refractivity contribution >= 4 is 5.91 Å². The van der Waals surface area contributed by atoms with Crippen LogP contribution >= 0.6 is 0 Å². The minimum atomic E-state index is -0.301. The smallest absolute Gasteiger partial charge is 0.222 e. The Bertz CT molecular complexity index is 227. The number of hydrogen-bond donors (Lipinski definition) is 2. The van der Waals surface area contributed by atoms with Crippen molar-refractivity contribution in [2.75, 3.05) is 26.2 Å². The van der Waals surface area contributed by atoms with Gasteiger partial charge in [0.2, 0.25) is 5.91 Å². The van der Waals surface area contributed by atoms with Crippen LogP contribution in [0.5, 0.6) is 0 Å². The predicted molar refractivity (Wildman–Crippen MR) is 57.4 cm³/mol. The van der Waals surface area contributed by atoms with Gasteiger partial charge in [-0.2, -0.15) is 0 Å². The Balaban J connectivity index is 1.78. The van der Waals surface area contributed by atoms with E-state index < -0.39 is 0 Å². The molecule has 0 radical (unpaired) electrons. The summed E-state index contributed by atoms with van der Waals surface area (Å²) < 4.78 is 0. The van der Waals surface area contributed by atoms with Gasteiger partial charge in [-0.25, -0.2) is 0 Å². The van der Waals surface area contributed by atoms with Crippen LogP contribution in [0.1, 0.15) is 25.7 Å². The molecule has 0 spiro atoms. The molecule has 2 saturated heterocycles. The molecule has 0 aromatic rings. The van der Waals surface area contributed by atoms with E-state index in [4.69, 9.17) is 0 Å². The summed E-state index contributed by atoms with van der Waals surface area (Å²) in [6, 6.07) is 0. The lowest BCUT2D eigenvalue weighted by Gasteiger charge is -2.30. The van der Waals surface area contributed by atoms with E-state index in [1.54, 1.807) is 0 Å². The van der Waals surface area contributed by atoms with Crippen molar-refractivity contribution in [3.63, 3.8) is 0 Å². The van der Waals surface area contributed by atoms with Crippen molar-refractivity contribution < 1.29 is 9.90 Å². The van der Waals surface area contributed by atoms with Crippen LogP contribution in [0.4, 0.5) is 0 Å². The summed E-state index contributed by atoms with van der Waals surface area (Å²) >= 11 is 0. The number of carbonyl (C=O) groups excluding carboxylic acids is 1. The molecule has 2 unspecified atom stereocenters. The van der Waals surface area contributed by atoms with Gasteiger partial charge in [0, 0.05) is 19.5 Å². The van der Waals surface area contributed by atoms with Gasteiger partial charge >= 0.3 is 0 Å². The molecule has 2 rings (SSSR count). The first-order chi connectivity index (χ1) is 7.25. The molecule has 4 heteroatoms. The molecule has 15 heavy (non-hydrogen) atoms. The highest BCUT2D eigenvalue weighted by atomic mass is 16.3. The molecule has 2 aliphatic heterocycles. The van der Waals surface area contributed by atoms with Crippen LogP contribution in [0.3, 0.4) is 0 Å². The van der Waals surface area contributed by atoms with E-state index in [0.29, 0.717) is 18.9 Å². The van der Waals surface area contributed by atoms with Gasteiger partial charge < -0.3 is 15.3 Å². The fourth-order valence-electron chi connectivity index (χ4n) is 2.45. The Hall–Kier alpha value is -0.610. The SMILES string of the molecule is O=C(CC1CCNC1)N1CCCC(O)C1. The van der Waals surface area contributed by atoms with Gasteiger partial charge in [0.25, 0.3) is 0 Å². The molecule has 0 aliphatic carbocycles. The van der Waals surface area contributed by atoms with Crippen molar-refractivity contribution in [1.82, 2.24) is 10.2 Å². The Morgan fingerprint density at radius 3 is 3.00 bits per heavy atom. The number of carbonyl (C=O) groups is 1. The normalized spacial score (nSPS) is 31.9. The Labute approximate surface area is 90.6 Å². The van der Waals surface area contributed by atoms with Gasteiger partial charge in [0.1, 0.15) is 0 Å². The summed E-state index contributed by atoms with van der Waals surface area (Å²) in [5.74, 6) is 0.735. The van der Waals surface area contributed by atoms with Gasteiger partial charge in [-0.05, 0) is 38.3 Å². The highest BCUT2D eigenvalue weighted by Crippen LogP contribution is 2.16. The van der Waals surface area contributed by atoms with E-state index >= 15 is 0 Å². The number of nitrogens with one attached hydrogen (secondary N) is 1. The first-order valence-corrected chi connectivity index (χ1v) is 5.92. The monoisotopic (exact) mass is 212 g/mol. The molecular formula is C11H20N2O2. The van der Waals surface area contributed by atoms with Crippen LogP contribution < -0.4 is 5.32 Å². The summed E-state index contributed by atoms with van der Waals surface area (Å²) in [5, 5.41) is 12.8. The first kappa shape index (κ1) is 10.9. The van der Waals surface area contributed by atoms with E-state index in [2.05, 4.69) is 5.32 Å². The molecule has 2 aliphatic rings. The fraction of sp³-hybridized carbons (Fsp3) is 0.909. The molecule has 0 aromatic carbocycles. The van der Waals surface area contributed by atoms with Crippen molar-refractivity contribution in [3.05, 3.63) is 0 Å². The van der Waals surface area contributed by atoms with Crippen LogP contribution in [-0.4, -0.2) is 48.2 Å². The zero-order chi connectivity index (χ0) is 10.7. The quantitative estimate of drug-likeness (QED) is 0.676. The molecule has 86 valence electrons. The number of hydrogen-bond acceptors (Lipinski definition) is 3. The van der Waals surface area contributed by atoms with Crippen LogP contribution in [0.25, 0.3) is 0 Å². The van der Waals surface area contributed by atoms with Crippen molar-refractivity contribution in [1.29, 1.82) is 0 Å². The summed E-state index contributed by atoms with van der Waals surface area (Å²) in [6.45, 7) is 3.39. The van der Waals surface area contributed by atoms with E-state index in [-0.39, 0.29) is 12.0 Å². The standard InChI is InChI=1S/C11H20N2O2/c14-10-2-1-5-13(8-10)11(15)6-9-3-4-12-7-9/h9-10,12,14H,1-8H2. The Kier molecular flexibility index (Phi) is 3.59. The Morgan fingerprint density at radius 2 is 2.33 bits per heavy atom. The number of amides is 1. The van der Waals surface area contributed by atoms with Crippen molar-refractivity contribution in [2.45, 2.75) is 31.8 Å². The summed E-state index contributed by atoms with van der Waals surface area (Å²) in [5.41, 5.74) is 0. The molecule has 2 fully saturated rings. The zero-order valence-electron chi connectivity index (χ0n) is 9.11. The second-order valence-electron chi connectivity index (χ2n) is 4.70. The maximum Gasteiger partial charge on any atom is 0.222 e. The highest BCUT2D eigenvalue weighted by Gasteiger charge is 2.25. The second-order valence-corrected chi connectivity index (χ2v) is 4.70. The van der Waals surface area contributed by atoms with Crippen LogP contribution in [0.2, 0.25) is 0 Å². The lowest BCUT2D eigenvalue weighted by molar-refractivity contribution is -0.135. The molecule has 2 heterocycles. The van der Waals surface area contributed by atoms with Crippen LogP contribution in [0.15, 0.2) is 0 Å². The van der Waals surface area contributed by atoms with Crippen LogP contribution in [-0.2, 0) is 4.79 Å². The number of piperidine rings is 1. The van der Waals surface area contributed by atoms with E-state index in [0.717, 1.165) is 38.9 Å². The average molecular weight is 212 g/mol. The number of likely N-dealkylation sites (tertiary alicyclic amines) is 1. The van der Waals surface area contributed by atoms with E-state index in [1.165, 1.54) is 0 Å². The fourth-order valence-corrected chi connectivity index (χ4v) is 2.45. The molecule has 0 bridgehead atoms. The van der Waals surface area contributed by atoms with Gasteiger partial charge in [0.05, 0.1) is 6.10 Å². The second kappa shape index (κ2) is 4.94. The molecule has 4 nitrogen and oxygen atoms in total. The molecule has 2 atom stereocenters. The van der Waals surface area contributed by atoms with Gasteiger partial charge in [-0.3, -0.25) is 4.79 Å². The zero-order valence-corrected chi connectivity index (χ0v) is 9.11.